The van der Waals surface area contributed by atoms with Gasteiger partial charge in [0.1, 0.15) is 18.3 Å². The molecule has 1 saturated heterocycles. The molecule has 1 N–H and O–H groups in total. The van der Waals surface area contributed by atoms with Crippen LogP contribution >= 0.6 is 7.37 Å². The van der Waals surface area contributed by atoms with Gasteiger partial charge in [-0.3, -0.25) is 4.57 Å². The molecule has 3 aromatic carbocycles. The van der Waals surface area contributed by atoms with Crippen molar-refractivity contribution in [3.63, 3.8) is 0 Å². The van der Waals surface area contributed by atoms with E-state index in [0.29, 0.717) is 32.6 Å². The average Bonchev–Trinajstić information content (AvgIpc) is 3.33. The first-order valence-corrected chi connectivity index (χ1v) is 17.5. The van der Waals surface area contributed by atoms with Crippen molar-refractivity contribution in [2.45, 2.75) is 89.7 Å². The summed E-state index contributed by atoms with van der Waals surface area (Å²) in [7, 11) is -3.44. The molecule has 0 aliphatic carbocycles. The minimum absolute atomic E-state index is 0.0435. The minimum Gasteiger partial charge on any atom is -0.374 e. The molecule has 1 aliphatic rings. The lowest BCUT2D eigenvalue weighted by atomic mass is 10.1. The highest BCUT2D eigenvalue weighted by molar-refractivity contribution is 7.58. The quantitative estimate of drug-likeness (QED) is 0.113. The molecule has 1 fully saturated rings. The summed E-state index contributed by atoms with van der Waals surface area (Å²) >= 11 is 0. The Balaban J connectivity index is 1.46. The molecule has 3 aromatic rings. The predicted molar refractivity (Wildman–Crippen MR) is 168 cm³/mol. The molecule has 0 saturated carbocycles. The Morgan fingerprint density at radius 2 is 1.14 bits per heavy atom. The topological polar surface area (TPSA) is 74.2 Å². The fourth-order valence-corrected chi connectivity index (χ4v) is 7.16. The lowest BCUT2D eigenvalue weighted by molar-refractivity contribution is -0.0897. The van der Waals surface area contributed by atoms with Crippen LogP contribution in [0.25, 0.3) is 0 Å². The highest BCUT2D eigenvalue weighted by atomic mass is 31.2. The summed E-state index contributed by atoms with van der Waals surface area (Å²) in [5.41, 5.74) is 3.15. The van der Waals surface area contributed by atoms with Crippen LogP contribution in [0.5, 0.6) is 0 Å². The van der Waals surface area contributed by atoms with Crippen molar-refractivity contribution in [1.82, 2.24) is 0 Å². The molecule has 0 radical (unpaired) electrons. The van der Waals surface area contributed by atoms with Gasteiger partial charge in [0, 0.05) is 6.16 Å². The van der Waals surface area contributed by atoms with Crippen molar-refractivity contribution >= 4 is 7.37 Å². The van der Waals surface area contributed by atoms with E-state index in [2.05, 4.69) is 6.92 Å². The lowest BCUT2D eigenvalue weighted by Gasteiger charge is -2.26. The Morgan fingerprint density at radius 1 is 0.667 bits per heavy atom. The fraction of sp³-hybridized carbons (Fsp3) is 0.486. The van der Waals surface area contributed by atoms with Crippen LogP contribution in [0.1, 0.15) is 62.1 Å². The van der Waals surface area contributed by atoms with E-state index in [9.17, 15) is 9.46 Å². The second-order valence-corrected chi connectivity index (χ2v) is 13.8. The monoisotopic (exact) mass is 594 g/mol. The summed E-state index contributed by atoms with van der Waals surface area (Å²) in [5, 5.41) is 0. The third-order valence-electron chi connectivity index (χ3n) is 7.70. The van der Waals surface area contributed by atoms with Crippen LogP contribution in [0.4, 0.5) is 0 Å². The van der Waals surface area contributed by atoms with Gasteiger partial charge in [-0.2, -0.15) is 0 Å². The summed E-state index contributed by atoms with van der Waals surface area (Å²) in [6.07, 6.45) is 4.78. The number of rotatable bonds is 19. The van der Waals surface area contributed by atoms with Crippen molar-refractivity contribution in [3.05, 3.63) is 108 Å². The molecule has 1 aliphatic heterocycles. The van der Waals surface area contributed by atoms with E-state index in [0.717, 1.165) is 36.0 Å². The first-order chi connectivity index (χ1) is 20.5. The van der Waals surface area contributed by atoms with Gasteiger partial charge in [0.15, 0.2) is 0 Å². The SMILES string of the molecule is CCCCCCCCP(=O)(O)C[C@@H]1O[C@H](COCc2ccccc2)[C@@H](OCc2ccccc2)[C@@H]1OCc1ccccc1. The Morgan fingerprint density at radius 3 is 1.69 bits per heavy atom. The predicted octanol–water partition coefficient (Wildman–Crippen LogP) is 7.77. The van der Waals surface area contributed by atoms with Crippen LogP contribution in [0.15, 0.2) is 91.0 Å². The molecule has 0 bridgehead atoms. The average molecular weight is 595 g/mol. The van der Waals surface area contributed by atoms with E-state index < -0.39 is 31.8 Å². The number of benzene rings is 3. The Kier molecular flexibility index (Phi) is 13.8. The summed E-state index contributed by atoms with van der Waals surface area (Å²) < 4.78 is 39.0. The van der Waals surface area contributed by atoms with E-state index in [-0.39, 0.29) is 6.16 Å². The molecule has 0 aromatic heterocycles. The second-order valence-electron chi connectivity index (χ2n) is 11.3. The zero-order valence-corrected chi connectivity index (χ0v) is 25.8. The molecular formula is C35H47O6P. The van der Waals surface area contributed by atoms with Gasteiger partial charge in [-0.25, -0.2) is 0 Å². The minimum atomic E-state index is -3.44. The summed E-state index contributed by atoms with van der Waals surface area (Å²) in [5.74, 6) is 0. The molecule has 1 heterocycles. The van der Waals surface area contributed by atoms with Gasteiger partial charge in [-0.05, 0) is 23.1 Å². The molecule has 5 atom stereocenters. The number of unbranched alkanes of at least 4 members (excludes halogenated alkanes) is 5. The highest BCUT2D eigenvalue weighted by Crippen LogP contribution is 2.46. The Labute approximate surface area is 251 Å². The van der Waals surface area contributed by atoms with Gasteiger partial charge in [0.25, 0.3) is 0 Å². The van der Waals surface area contributed by atoms with E-state index >= 15 is 0 Å². The van der Waals surface area contributed by atoms with Crippen molar-refractivity contribution in [1.29, 1.82) is 0 Å². The van der Waals surface area contributed by atoms with E-state index in [1.807, 2.05) is 91.0 Å². The van der Waals surface area contributed by atoms with Gasteiger partial charge >= 0.3 is 0 Å². The van der Waals surface area contributed by atoms with Crippen molar-refractivity contribution in [2.75, 3.05) is 18.9 Å². The maximum Gasteiger partial charge on any atom is 0.203 e. The fourth-order valence-electron chi connectivity index (χ4n) is 5.40. The van der Waals surface area contributed by atoms with Crippen LogP contribution in [0.2, 0.25) is 0 Å². The zero-order valence-electron chi connectivity index (χ0n) is 24.9. The normalized spacial score (nSPS) is 21.8. The molecule has 4 rings (SSSR count). The Hall–Kier alpha value is -2.31. The summed E-state index contributed by atoms with van der Waals surface area (Å²) in [6.45, 7) is 3.68. The largest absolute Gasteiger partial charge is 0.374 e. The maximum absolute atomic E-state index is 13.4. The van der Waals surface area contributed by atoms with E-state index in [1.165, 1.54) is 19.3 Å². The van der Waals surface area contributed by atoms with Gasteiger partial charge in [-0.15, -0.1) is 0 Å². The highest BCUT2D eigenvalue weighted by Gasteiger charge is 2.48. The van der Waals surface area contributed by atoms with Crippen molar-refractivity contribution in [2.24, 2.45) is 0 Å². The molecule has 0 amide bonds. The van der Waals surface area contributed by atoms with E-state index in [4.69, 9.17) is 18.9 Å². The van der Waals surface area contributed by atoms with Crippen LogP contribution in [-0.2, 0) is 43.3 Å². The lowest BCUT2D eigenvalue weighted by Crippen LogP contribution is -2.40. The molecule has 42 heavy (non-hydrogen) atoms. The zero-order chi connectivity index (χ0) is 29.5. The van der Waals surface area contributed by atoms with Gasteiger partial charge < -0.3 is 23.8 Å². The van der Waals surface area contributed by atoms with Crippen LogP contribution in [0, 0.1) is 0 Å². The third-order valence-corrected chi connectivity index (χ3v) is 9.64. The third kappa shape index (κ3) is 11.1. The molecule has 7 heteroatoms. The van der Waals surface area contributed by atoms with Crippen LogP contribution in [0.3, 0.4) is 0 Å². The first-order valence-electron chi connectivity index (χ1n) is 15.4. The van der Waals surface area contributed by atoms with Crippen molar-refractivity contribution in [3.8, 4) is 0 Å². The van der Waals surface area contributed by atoms with E-state index in [1.54, 1.807) is 0 Å². The summed E-state index contributed by atoms with van der Waals surface area (Å²) in [6, 6.07) is 30.0. The second kappa shape index (κ2) is 17.7. The number of hydrogen-bond donors (Lipinski definition) is 1. The molecular weight excluding hydrogens is 547 g/mol. The molecule has 228 valence electrons. The molecule has 0 spiro atoms. The smallest absolute Gasteiger partial charge is 0.203 e. The van der Waals surface area contributed by atoms with Gasteiger partial charge in [-0.1, -0.05) is 130 Å². The molecule has 6 nitrogen and oxygen atoms in total. The maximum atomic E-state index is 13.4. The number of hydrogen-bond acceptors (Lipinski definition) is 5. The Bertz CT molecular complexity index is 1180. The summed E-state index contributed by atoms with van der Waals surface area (Å²) in [4.78, 5) is 11.0. The molecule has 1 unspecified atom stereocenters. The van der Waals surface area contributed by atoms with Crippen LogP contribution in [-0.4, -0.2) is 48.2 Å². The first kappa shape index (κ1) is 32.6. The van der Waals surface area contributed by atoms with Crippen molar-refractivity contribution < 1.29 is 28.4 Å². The standard InChI is InChI=1S/C35H47O6P/c1-2-3-4-5-6-16-23-42(36,37)28-33-35(40-26-31-21-14-9-15-22-31)34(39-25-30-19-12-8-13-20-30)32(41-33)27-38-24-29-17-10-7-11-18-29/h7-15,17-22,32-35H,2-6,16,23-28H2,1H3,(H,36,37)/t32-,33+,34-,35-/m1/s1. The number of ether oxygens (including phenoxy) is 4. The van der Waals surface area contributed by atoms with Gasteiger partial charge in [0.05, 0.1) is 38.7 Å². The van der Waals surface area contributed by atoms with Crippen LogP contribution < -0.4 is 0 Å². The van der Waals surface area contributed by atoms with Gasteiger partial charge in [0.2, 0.25) is 7.37 Å².